The molecule has 0 aromatic heterocycles. The number of aliphatic hydroxyl groups excluding tert-OH is 1. The summed E-state index contributed by atoms with van der Waals surface area (Å²) in [6, 6.07) is 11.9. The van der Waals surface area contributed by atoms with Crippen molar-refractivity contribution in [1.82, 2.24) is 10.6 Å². The molecule has 0 spiro atoms. The Kier molecular flexibility index (Phi) is 10.9. The van der Waals surface area contributed by atoms with Crippen LogP contribution in [0.2, 0.25) is 0 Å². The maximum atomic E-state index is 13.1. The van der Waals surface area contributed by atoms with Crippen LogP contribution in [0.5, 0.6) is 5.75 Å². The molecule has 3 aromatic carbocycles. The van der Waals surface area contributed by atoms with Gasteiger partial charge in [-0.1, -0.05) is 30.3 Å². The number of amides is 1. The fraction of sp³-hybridized carbons (Fsp3) is 0.345. The third kappa shape index (κ3) is 10.7. The largest absolute Gasteiger partial charge is 0.506 e. The lowest BCUT2D eigenvalue weighted by atomic mass is 10.0. The molecule has 0 saturated heterocycles. The van der Waals surface area contributed by atoms with Gasteiger partial charge in [0.25, 0.3) is 0 Å². The fourth-order valence-corrected chi connectivity index (χ4v) is 4.90. The van der Waals surface area contributed by atoms with E-state index in [2.05, 4.69) is 15.4 Å². The molecule has 0 heterocycles. The lowest BCUT2D eigenvalue weighted by molar-refractivity contribution is -0.143. The Morgan fingerprint density at radius 3 is 2.09 bits per heavy atom. The summed E-state index contributed by atoms with van der Waals surface area (Å²) < 4.78 is 104. The minimum atomic E-state index is -4.99. The lowest BCUT2D eigenvalue weighted by Gasteiger charge is -2.19. The zero-order valence-electron chi connectivity index (χ0n) is 23.6. The number of benzene rings is 3. The van der Waals surface area contributed by atoms with Crippen LogP contribution in [-0.4, -0.2) is 43.4 Å². The van der Waals surface area contributed by atoms with Gasteiger partial charge < -0.3 is 20.8 Å². The third-order valence-electron chi connectivity index (χ3n) is 6.40. The molecule has 2 atom stereocenters. The van der Waals surface area contributed by atoms with Gasteiger partial charge >= 0.3 is 12.4 Å². The zero-order chi connectivity index (χ0) is 32.9. The molecule has 0 aliphatic heterocycles. The summed E-state index contributed by atoms with van der Waals surface area (Å²) in [4.78, 5) is 12.5. The number of halogens is 6. The molecule has 5 N–H and O–H groups in total. The van der Waals surface area contributed by atoms with Crippen molar-refractivity contribution < 1.29 is 49.8 Å². The van der Waals surface area contributed by atoms with E-state index in [1.54, 1.807) is 24.3 Å². The van der Waals surface area contributed by atoms with Gasteiger partial charge in [0.1, 0.15) is 5.75 Å². The molecule has 44 heavy (non-hydrogen) atoms. The van der Waals surface area contributed by atoms with Crippen LogP contribution in [0, 0.1) is 0 Å². The number of alkyl halides is 6. The molecule has 8 nitrogen and oxygen atoms in total. The number of hydrogen-bond donors (Lipinski definition) is 5. The number of anilines is 1. The number of carbonyl (C=O) groups excluding carboxylic acids is 1. The summed E-state index contributed by atoms with van der Waals surface area (Å²) in [5.74, 6) is -0.895. The molecule has 1 amide bonds. The first-order chi connectivity index (χ1) is 20.3. The zero-order valence-corrected chi connectivity index (χ0v) is 24.4. The van der Waals surface area contributed by atoms with Crippen LogP contribution < -0.4 is 15.4 Å². The normalized spacial score (nSPS) is 13.8. The number of nitrogens with one attached hydrogen (secondary N) is 3. The van der Waals surface area contributed by atoms with Crippen LogP contribution in [0.4, 0.5) is 32.0 Å². The summed E-state index contributed by atoms with van der Waals surface area (Å²) in [5, 5.41) is 25.9. The van der Waals surface area contributed by atoms with E-state index in [9.17, 15) is 49.8 Å². The highest BCUT2D eigenvalue weighted by molar-refractivity contribution is 7.92. The van der Waals surface area contributed by atoms with Gasteiger partial charge in [0, 0.05) is 19.1 Å². The van der Waals surface area contributed by atoms with Crippen molar-refractivity contribution in [2.45, 2.75) is 50.8 Å². The van der Waals surface area contributed by atoms with Crippen molar-refractivity contribution in [3.05, 3.63) is 94.0 Å². The first-order valence-electron chi connectivity index (χ1n) is 13.1. The number of rotatable bonds is 12. The number of phenols is 1. The van der Waals surface area contributed by atoms with Gasteiger partial charge in [-0.25, -0.2) is 8.42 Å². The van der Waals surface area contributed by atoms with Crippen LogP contribution in [0.1, 0.15) is 46.4 Å². The lowest BCUT2D eigenvalue weighted by Crippen LogP contribution is -2.32. The SMILES string of the molecule is CC(Cc1cccc(CC(=O)NCc2cc(C(F)(F)F)cc(C(F)(F)F)c2)c1)NCC(O)c1ccc(O)c(NS(C)(=O)=O)c1. The molecule has 0 aliphatic carbocycles. The molecular formula is C29H31F6N3O5S. The molecule has 0 radical (unpaired) electrons. The van der Waals surface area contributed by atoms with E-state index in [4.69, 9.17) is 0 Å². The van der Waals surface area contributed by atoms with Crippen molar-refractivity contribution in [1.29, 1.82) is 0 Å². The van der Waals surface area contributed by atoms with Crippen LogP contribution in [-0.2, 0) is 46.6 Å². The Balaban J connectivity index is 1.56. The Bertz CT molecular complexity index is 1550. The van der Waals surface area contributed by atoms with Crippen molar-refractivity contribution >= 4 is 21.6 Å². The summed E-state index contributed by atoms with van der Waals surface area (Å²) in [6.07, 6.45) is -9.77. The number of aliphatic hydroxyl groups is 1. The summed E-state index contributed by atoms with van der Waals surface area (Å²) in [6.45, 7) is 1.42. The average molecular weight is 648 g/mol. The average Bonchev–Trinajstić information content (AvgIpc) is 2.90. The smallest absolute Gasteiger partial charge is 0.416 e. The Morgan fingerprint density at radius 1 is 0.886 bits per heavy atom. The monoisotopic (exact) mass is 647 g/mol. The van der Waals surface area contributed by atoms with Gasteiger partial charge in [0.15, 0.2) is 0 Å². The van der Waals surface area contributed by atoms with E-state index in [1.165, 1.54) is 18.2 Å². The number of phenolic OH excluding ortho intramolecular Hbond substituents is 1. The van der Waals surface area contributed by atoms with Gasteiger partial charge in [0.05, 0.1) is 35.6 Å². The molecule has 0 bridgehead atoms. The van der Waals surface area contributed by atoms with Gasteiger partial charge in [0.2, 0.25) is 15.9 Å². The molecule has 240 valence electrons. The first-order valence-corrected chi connectivity index (χ1v) is 15.0. The Morgan fingerprint density at radius 2 is 1.50 bits per heavy atom. The van der Waals surface area contributed by atoms with Crippen LogP contribution in [0.3, 0.4) is 0 Å². The minimum Gasteiger partial charge on any atom is -0.506 e. The van der Waals surface area contributed by atoms with Crippen molar-refractivity contribution in [2.24, 2.45) is 0 Å². The molecule has 0 saturated carbocycles. The quantitative estimate of drug-likeness (QED) is 0.140. The van der Waals surface area contributed by atoms with E-state index in [1.807, 2.05) is 6.92 Å². The number of sulfonamides is 1. The minimum absolute atomic E-state index is 0.0239. The maximum absolute atomic E-state index is 13.1. The van der Waals surface area contributed by atoms with Crippen LogP contribution in [0.15, 0.2) is 60.7 Å². The predicted molar refractivity (Wildman–Crippen MR) is 151 cm³/mol. The summed E-state index contributed by atoms with van der Waals surface area (Å²) >= 11 is 0. The first kappa shape index (κ1) is 34.7. The van der Waals surface area contributed by atoms with Crippen molar-refractivity contribution in [3.8, 4) is 5.75 Å². The molecule has 0 aliphatic rings. The number of hydrogen-bond acceptors (Lipinski definition) is 6. The second kappa shape index (κ2) is 13.9. The van der Waals surface area contributed by atoms with Crippen LogP contribution in [0.25, 0.3) is 0 Å². The predicted octanol–water partition coefficient (Wildman–Crippen LogP) is 4.91. The van der Waals surface area contributed by atoms with E-state index in [0.717, 1.165) is 11.8 Å². The number of carbonyl (C=O) groups is 1. The topological polar surface area (TPSA) is 128 Å². The Labute approximate surface area is 250 Å². The van der Waals surface area contributed by atoms with Gasteiger partial charge in [-0.15, -0.1) is 0 Å². The van der Waals surface area contributed by atoms with E-state index in [0.29, 0.717) is 29.7 Å². The third-order valence-corrected chi connectivity index (χ3v) is 6.99. The van der Waals surface area contributed by atoms with Crippen molar-refractivity contribution in [3.63, 3.8) is 0 Å². The second-order valence-corrected chi connectivity index (χ2v) is 12.1. The van der Waals surface area contributed by atoms with E-state index in [-0.39, 0.29) is 42.1 Å². The highest BCUT2D eigenvalue weighted by atomic mass is 32.2. The van der Waals surface area contributed by atoms with Gasteiger partial charge in [-0.05, 0) is 65.9 Å². The highest BCUT2D eigenvalue weighted by Gasteiger charge is 2.36. The van der Waals surface area contributed by atoms with Gasteiger partial charge in [-0.3, -0.25) is 9.52 Å². The molecule has 3 aromatic rings. The summed E-state index contributed by atoms with van der Waals surface area (Å²) in [5.41, 5.74) is -1.58. The fourth-order valence-electron chi connectivity index (χ4n) is 4.34. The second-order valence-electron chi connectivity index (χ2n) is 10.4. The van der Waals surface area contributed by atoms with Crippen LogP contribution >= 0.6 is 0 Å². The standard InChI is InChI=1S/C29H31F6N3O5S/c1-17(36-16-26(40)21-6-7-25(39)24(13-21)38-44(2,42)43)8-18-4-3-5-19(9-18)12-27(41)37-15-20-10-22(28(30,31)32)14-23(11-20)29(33,34)35/h3-7,9-11,13-14,17,26,36,38-40H,8,12,15-16H2,1-2H3,(H,37,41). The summed E-state index contributed by atoms with van der Waals surface area (Å²) in [7, 11) is -3.65. The van der Waals surface area contributed by atoms with Gasteiger partial charge in [-0.2, -0.15) is 26.3 Å². The van der Waals surface area contributed by atoms with Crippen molar-refractivity contribution in [2.75, 3.05) is 17.5 Å². The highest BCUT2D eigenvalue weighted by Crippen LogP contribution is 2.36. The molecule has 3 rings (SSSR count). The molecule has 0 fully saturated rings. The van der Waals surface area contributed by atoms with E-state index < -0.39 is 52.1 Å². The Hall–Kier alpha value is -3.82. The van der Waals surface area contributed by atoms with E-state index >= 15 is 0 Å². The molecule has 15 heteroatoms. The molecule has 2 unspecified atom stereocenters. The molecular weight excluding hydrogens is 616 g/mol. The number of aromatic hydroxyl groups is 1. The maximum Gasteiger partial charge on any atom is 0.416 e.